The molecule has 0 amide bonds. The van der Waals surface area contributed by atoms with E-state index >= 15 is 0 Å². The van der Waals surface area contributed by atoms with E-state index in [2.05, 4.69) is 37.9 Å². The van der Waals surface area contributed by atoms with Crippen LogP contribution in [0, 0.1) is 0 Å². The number of piperazine rings is 1. The second-order valence-corrected chi connectivity index (χ2v) is 5.84. The third kappa shape index (κ3) is 3.16. The maximum Gasteiger partial charge on any atom is 0.169 e. The first kappa shape index (κ1) is 13.5. The number of rotatable bonds is 3. The summed E-state index contributed by atoms with van der Waals surface area (Å²) in [6.07, 6.45) is 0. The van der Waals surface area contributed by atoms with Crippen molar-refractivity contribution in [1.82, 2.24) is 4.90 Å². The van der Waals surface area contributed by atoms with Crippen LogP contribution in [0.1, 0.15) is 5.76 Å². The highest BCUT2D eigenvalue weighted by Crippen LogP contribution is 2.20. The lowest BCUT2D eigenvalue weighted by molar-refractivity contribution is 0.229. The summed E-state index contributed by atoms with van der Waals surface area (Å²) in [7, 11) is 0. The number of nitrogens with two attached hydrogens (primary N) is 1. The normalized spacial score (nSPS) is 16.6. The monoisotopic (exact) mass is 335 g/mol. The summed E-state index contributed by atoms with van der Waals surface area (Å²) < 4.78 is 6.36. The van der Waals surface area contributed by atoms with Gasteiger partial charge in [0.15, 0.2) is 4.67 Å². The smallest absolute Gasteiger partial charge is 0.169 e. The van der Waals surface area contributed by atoms with E-state index in [9.17, 15) is 0 Å². The summed E-state index contributed by atoms with van der Waals surface area (Å²) in [6, 6.07) is 12.1. The molecule has 1 aromatic heterocycles. The zero-order valence-electron chi connectivity index (χ0n) is 11.3. The molecule has 2 heterocycles. The van der Waals surface area contributed by atoms with Gasteiger partial charge in [0.2, 0.25) is 0 Å². The summed E-state index contributed by atoms with van der Waals surface area (Å²) >= 11 is 3.34. The second kappa shape index (κ2) is 5.89. The number of halogens is 1. The molecule has 1 aromatic carbocycles. The molecule has 1 fully saturated rings. The van der Waals surface area contributed by atoms with E-state index < -0.39 is 0 Å². The number of anilines is 2. The lowest BCUT2D eigenvalue weighted by Gasteiger charge is -2.35. The summed E-state index contributed by atoms with van der Waals surface area (Å²) in [5.74, 6) is 1.01. The van der Waals surface area contributed by atoms with E-state index in [-0.39, 0.29) is 0 Å². The van der Waals surface area contributed by atoms with Gasteiger partial charge < -0.3 is 15.1 Å². The van der Waals surface area contributed by atoms with Crippen LogP contribution in [-0.2, 0) is 6.54 Å². The molecule has 0 radical (unpaired) electrons. The average Bonchev–Trinajstić information content (AvgIpc) is 2.86. The molecular formula is C15H18BrN3O. The van der Waals surface area contributed by atoms with Gasteiger partial charge in [-0.05, 0) is 52.3 Å². The van der Waals surface area contributed by atoms with Crippen molar-refractivity contribution in [3.8, 4) is 0 Å². The minimum Gasteiger partial charge on any atom is -0.453 e. The van der Waals surface area contributed by atoms with Crippen molar-refractivity contribution >= 4 is 27.3 Å². The van der Waals surface area contributed by atoms with Crippen LogP contribution in [0.3, 0.4) is 0 Å². The zero-order chi connectivity index (χ0) is 13.9. The Labute approximate surface area is 127 Å². The Hall–Kier alpha value is -1.46. The van der Waals surface area contributed by atoms with Crippen molar-refractivity contribution in [3.63, 3.8) is 0 Å². The maximum atomic E-state index is 5.73. The van der Waals surface area contributed by atoms with Gasteiger partial charge in [0, 0.05) is 37.6 Å². The maximum absolute atomic E-state index is 5.73. The Bertz CT molecular complexity index is 559. The molecular weight excluding hydrogens is 318 g/mol. The highest BCUT2D eigenvalue weighted by atomic mass is 79.9. The molecule has 0 aliphatic carbocycles. The van der Waals surface area contributed by atoms with Gasteiger partial charge in [0.1, 0.15) is 5.76 Å². The van der Waals surface area contributed by atoms with Crippen molar-refractivity contribution in [1.29, 1.82) is 0 Å². The van der Waals surface area contributed by atoms with Crippen LogP contribution < -0.4 is 10.6 Å². The average molecular weight is 336 g/mol. The van der Waals surface area contributed by atoms with Crippen molar-refractivity contribution in [2.75, 3.05) is 36.8 Å². The quantitative estimate of drug-likeness (QED) is 0.876. The summed E-state index contributed by atoms with van der Waals surface area (Å²) in [6.45, 7) is 5.03. The Morgan fingerprint density at radius 3 is 2.30 bits per heavy atom. The predicted molar refractivity (Wildman–Crippen MR) is 84.8 cm³/mol. The van der Waals surface area contributed by atoms with Crippen LogP contribution in [0.25, 0.3) is 0 Å². The molecule has 0 bridgehead atoms. The van der Waals surface area contributed by atoms with Gasteiger partial charge in [-0.1, -0.05) is 0 Å². The standard InChI is InChI=1S/C15H18BrN3O/c16-15-6-5-14(20-15)11-18-7-9-19(10-8-18)13-3-1-12(17)2-4-13/h1-6H,7-11,17H2. The van der Waals surface area contributed by atoms with Crippen molar-refractivity contribution in [2.24, 2.45) is 0 Å². The Morgan fingerprint density at radius 2 is 1.70 bits per heavy atom. The van der Waals surface area contributed by atoms with Crippen LogP contribution in [-0.4, -0.2) is 31.1 Å². The van der Waals surface area contributed by atoms with Gasteiger partial charge in [-0.2, -0.15) is 0 Å². The van der Waals surface area contributed by atoms with E-state index in [0.29, 0.717) is 0 Å². The first-order valence-electron chi connectivity index (χ1n) is 6.78. The largest absolute Gasteiger partial charge is 0.453 e. The van der Waals surface area contributed by atoms with Crippen molar-refractivity contribution in [2.45, 2.75) is 6.54 Å². The van der Waals surface area contributed by atoms with E-state index in [1.807, 2.05) is 24.3 Å². The van der Waals surface area contributed by atoms with Crippen molar-refractivity contribution < 1.29 is 4.42 Å². The third-order valence-electron chi connectivity index (χ3n) is 3.64. The van der Waals surface area contributed by atoms with Gasteiger partial charge >= 0.3 is 0 Å². The fourth-order valence-electron chi connectivity index (χ4n) is 2.51. The molecule has 5 heteroatoms. The minimum absolute atomic E-state index is 0.799. The van der Waals surface area contributed by atoms with Gasteiger partial charge in [-0.15, -0.1) is 0 Å². The zero-order valence-corrected chi connectivity index (χ0v) is 12.8. The van der Waals surface area contributed by atoms with Crippen LogP contribution in [0.15, 0.2) is 45.5 Å². The summed E-state index contributed by atoms with van der Waals surface area (Å²) in [5.41, 5.74) is 7.79. The number of benzene rings is 1. The lowest BCUT2D eigenvalue weighted by Crippen LogP contribution is -2.45. The number of nitrogen functional groups attached to an aromatic ring is 1. The summed E-state index contributed by atoms with van der Waals surface area (Å²) in [4.78, 5) is 4.81. The van der Waals surface area contributed by atoms with Gasteiger partial charge in [0.25, 0.3) is 0 Å². The minimum atomic E-state index is 0.799. The number of hydrogen-bond donors (Lipinski definition) is 1. The van der Waals surface area contributed by atoms with E-state index in [1.54, 1.807) is 0 Å². The molecule has 20 heavy (non-hydrogen) atoms. The first-order valence-corrected chi connectivity index (χ1v) is 7.57. The third-order valence-corrected chi connectivity index (χ3v) is 4.07. The van der Waals surface area contributed by atoms with Crippen LogP contribution in [0.2, 0.25) is 0 Å². The predicted octanol–water partition coefficient (Wildman–Crippen LogP) is 2.95. The molecule has 4 nitrogen and oxygen atoms in total. The Balaban J connectivity index is 1.55. The highest BCUT2D eigenvalue weighted by Gasteiger charge is 2.18. The Morgan fingerprint density at radius 1 is 1.00 bits per heavy atom. The molecule has 1 aliphatic heterocycles. The van der Waals surface area contributed by atoms with Gasteiger partial charge in [-0.25, -0.2) is 0 Å². The molecule has 1 saturated heterocycles. The van der Waals surface area contributed by atoms with Gasteiger partial charge in [-0.3, -0.25) is 4.90 Å². The molecule has 106 valence electrons. The number of nitrogens with zero attached hydrogens (tertiary/aromatic N) is 2. The molecule has 0 saturated carbocycles. The topological polar surface area (TPSA) is 45.6 Å². The SMILES string of the molecule is Nc1ccc(N2CCN(Cc3ccc(Br)o3)CC2)cc1. The van der Waals surface area contributed by atoms with Crippen molar-refractivity contribution in [3.05, 3.63) is 46.8 Å². The highest BCUT2D eigenvalue weighted by molar-refractivity contribution is 9.10. The molecule has 2 N–H and O–H groups in total. The summed E-state index contributed by atoms with van der Waals surface area (Å²) in [5, 5.41) is 0. The second-order valence-electron chi connectivity index (χ2n) is 5.06. The molecule has 0 unspecified atom stereocenters. The number of hydrogen-bond acceptors (Lipinski definition) is 4. The van der Waals surface area contributed by atoms with Crippen LogP contribution >= 0.6 is 15.9 Å². The van der Waals surface area contributed by atoms with E-state index in [4.69, 9.17) is 10.2 Å². The number of furan rings is 1. The molecule has 1 aliphatic rings. The molecule has 0 atom stereocenters. The Kier molecular flexibility index (Phi) is 3.98. The first-order chi connectivity index (χ1) is 9.70. The lowest BCUT2D eigenvalue weighted by atomic mass is 10.2. The van der Waals surface area contributed by atoms with E-state index in [0.717, 1.165) is 48.8 Å². The van der Waals surface area contributed by atoms with E-state index in [1.165, 1.54) is 5.69 Å². The molecule has 2 aromatic rings. The molecule has 3 rings (SSSR count). The van der Waals surface area contributed by atoms with Gasteiger partial charge in [0.05, 0.1) is 6.54 Å². The van der Waals surface area contributed by atoms with Crippen LogP contribution in [0.4, 0.5) is 11.4 Å². The fraction of sp³-hybridized carbons (Fsp3) is 0.333. The molecule has 0 spiro atoms. The van der Waals surface area contributed by atoms with Crippen LogP contribution in [0.5, 0.6) is 0 Å². The fourth-order valence-corrected chi connectivity index (χ4v) is 2.85.